The highest BCUT2D eigenvalue weighted by Crippen LogP contribution is 1.98. The molecule has 0 radical (unpaired) electrons. The van der Waals surface area contributed by atoms with Crippen molar-refractivity contribution in [2.75, 3.05) is 19.6 Å². The lowest BCUT2D eigenvalue weighted by Gasteiger charge is -2.18. The third kappa shape index (κ3) is 11.2. The quantitative estimate of drug-likeness (QED) is 0.552. The van der Waals surface area contributed by atoms with E-state index >= 15 is 0 Å². The van der Waals surface area contributed by atoms with Crippen molar-refractivity contribution in [2.24, 2.45) is 0 Å². The van der Waals surface area contributed by atoms with E-state index in [1.807, 2.05) is 0 Å². The Morgan fingerprint density at radius 1 is 0.952 bits per heavy atom. The highest BCUT2D eigenvalue weighted by molar-refractivity contribution is 5.92. The molecule has 0 aromatic heterocycles. The van der Waals surface area contributed by atoms with Crippen LogP contribution < -0.4 is 5.32 Å². The van der Waals surface area contributed by atoms with Crippen LogP contribution in [0.1, 0.15) is 13.8 Å². The molecule has 4 nitrogen and oxygen atoms in total. The van der Waals surface area contributed by atoms with E-state index in [1.165, 1.54) is 0 Å². The van der Waals surface area contributed by atoms with E-state index in [0.717, 1.165) is 0 Å². The maximum Gasteiger partial charge on any atom is 0.249 e. The Kier molecular flexibility index (Phi) is 12.6. The highest BCUT2D eigenvalue weighted by atomic mass is 16.2. The molecule has 0 aromatic rings. The lowest BCUT2D eigenvalue weighted by atomic mass is 10.3. The first-order chi connectivity index (χ1) is 9.81. The minimum atomic E-state index is -0.116. The van der Waals surface area contributed by atoms with Crippen LogP contribution in [0, 0.1) is 0 Å². The number of nitrogens with one attached hydrogen (secondary N) is 1. The van der Waals surface area contributed by atoms with Gasteiger partial charge in [-0.05, 0) is 13.8 Å². The Balaban J connectivity index is 0. The van der Waals surface area contributed by atoms with Crippen LogP contribution in [0.25, 0.3) is 0 Å². The van der Waals surface area contributed by atoms with Crippen molar-refractivity contribution in [1.29, 1.82) is 0 Å². The molecule has 0 rings (SSSR count). The molecule has 0 spiro atoms. The summed E-state index contributed by atoms with van der Waals surface area (Å²) in [5, 5.41) is 2.58. The van der Waals surface area contributed by atoms with Gasteiger partial charge >= 0.3 is 0 Å². The molecule has 0 aliphatic rings. The first-order valence-electron chi connectivity index (χ1n) is 6.52. The zero-order chi connectivity index (χ0) is 16.8. The number of hydrogen-bond acceptors (Lipinski definition) is 2. The van der Waals surface area contributed by atoms with Gasteiger partial charge in [-0.2, -0.15) is 0 Å². The largest absolute Gasteiger partial charge is 0.349 e. The smallest absolute Gasteiger partial charge is 0.249 e. The molecular formula is C17H26N2O2. The molecule has 0 unspecified atom stereocenters. The van der Waals surface area contributed by atoms with Crippen LogP contribution in [0.3, 0.4) is 0 Å². The van der Waals surface area contributed by atoms with Crippen LogP contribution >= 0.6 is 0 Å². The van der Waals surface area contributed by atoms with Crippen LogP contribution in [0.4, 0.5) is 0 Å². The lowest BCUT2D eigenvalue weighted by molar-refractivity contribution is -0.126. The van der Waals surface area contributed by atoms with E-state index in [-0.39, 0.29) is 11.8 Å². The van der Waals surface area contributed by atoms with Gasteiger partial charge in [0.1, 0.15) is 0 Å². The van der Waals surface area contributed by atoms with Crippen LogP contribution in [0.15, 0.2) is 62.3 Å². The molecule has 0 heterocycles. The van der Waals surface area contributed by atoms with Crippen molar-refractivity contribution < 1.29 is 9.59 Å². The highest BCUT2D eigenvalue weighted by Gasteiger charge is 2.09. The molecular weight excluding hydrogens is 264 g/mol. The fourth-order valence-corrected chi connectivity index (χ4v) is 1.14. The Bertz CT molecular complexity index is 413. The van der Waals surface area contributed by atoms with Crippen LogP contribution in [0.5, 0.6) is 0 Å². The molecule has 0 aliphatic heterocycles. The molecule has 21 heavy (non-hydrogen) atoms. The number of amides is 2. The number of carbonyl (C=O) groups is 2. The molecule has 1 N–H and O–H groups in total. The number of nitrogens with zero attached hydrogens (tertiary/aromatic N) is 1. The monoisotopic (exact) mass is 290 g/mol. The lowest BCUT2D eigenvalue weighted by Crippen LogP contribution is -2.31. The topological polar surface area (TPSA) is 49.4 Å². The first-order valence-corrected chi connectivity index (χ1v) is 6.52. The van der Waals surface area contributed by atoms with Gasteiger partial charge in [-0.1, -0.05) is 31.4 Å². The second kappa shape index (κ2) is 12.7. The summed E-state index contributed by atoms with van der Waals surface area (Å²) in [7, 11) is 0. The summed E-state index contributed by atoms with van der Waals surface area (Å²) in [6.07, 6.45) is 5.00. The van der Waals surface area contributed by atoms with Crippen molar-refractivity contribution >= 4 is 11.8 Å². The predicted molar refractivity (Wildman–Crippen MR) is 89.8 cm³/mol. The van der Waals surface area contributed by atoms with E-state index < -0.39 is 0 Å². The zero-order valence-electron chi connectivity index (χ0n) is 13.2. The summed E-state index contributed by atoms with van der Waals surface area (Å²) in [5.41, 5.74) is 1.07. The molecule has 116 valence electrons. The zero-order valence-corrected chi connectivity index (χ0v) is 13.2. The van der Waals surface area contributed by atoms with Gasteiger partial charge in [-0.25, -0.2) is 0 Å². The van der Waals surface area contributed by atoms with Gasteiger partial charge in [0, 0.05) is 30.8 Å². The molecule has 0 atom stereocenters. The molecule has 0 fully saturated rings. The predicted octanol–water partition coefficient (Wildman–Crippen LogP) is 2.63. The van der Waals surface area contributed by atoms with Crippen molar-refractivity contribution in [3.8, 4) is 0 Å². The first kappa shape index (κ1) is 20.9. The molecule has 0 saturated heterocycles. The average Bonchev–Trinajstić information content (AvgIpc) is 2.44. The summed E-state index contributed by atoms with van der Waals surface area (Å²) in [6, 6.07) is 0. The van der Waals surface area contributed by atoms with Crippen LogP contribution in [0.2, 0.25) is 0 Å². The summed E-state index contributed by atoms with van der Waals surface area (Å²) in [4.78, 5) is 23.6. The second-order valence-electron chi connectivity index (χ2n) is 4.35. The van der Waals surface area contributed by atoms with Crippen molar-refractivity contribution in [3.05, 3.63) is 62.3 Å². The van der Waals surface area contributed by atoms with Gasteiger partial charge in [0.15, 0.2) is 0 Å². The van der Waals surface area contributed by atoms with Crippen LogP contribution in [-0.4, -0.2) is 36.3 Å². The summed E-state index contributed by atoms with van der Waals surface area (Å²) < 4.78 is 0. The number of rotatable bonds is 8. The Labute approximate surface area is 128 Å². The average molecular weight is 290 g/mol. The molecule has 0 bridgehead atoms. The van der Waals surface area contributed by atoms with E-state index in [4.69, 9.17) is 0 Å². The fraction of sp³-hybridized carbons (Fsp3) is 0.294. The maximum atomic E-state index is 11.4. The summed E-state index contributed by atoms with van der Waals surface area (Å²) in [6.45, 7) is 22.6. The Hall–Kier alpha value is -2.36. The minimum absolute atomic E-state index is 0.0465. The molecule has 2 amide bonds. The number of carbonyl (C=O) groups excluding carboxylic acids is 2. The molecule has 0 aromatic carbocycles. The minimum Gasteiger partial charge on any atom is -0.349 e. The molecule has 4 heteroatoms. The van der Waals surface area contributed by atoms with Crippen LogP contribution in [-0.2, 0) is 9.59 Å². The normalized spacial score (nSPS) is 8.48. The van der Waals surface area contributed by atoms with E-state index in [1.54, 1.807) is 37.0 Å². The third-order valence-corrected chi connectivity index (χ3v) is 2.15. The van der Waals surface area contributed by atoms with E-state index in [0.29, 0.717) is 30.8 Å². The van der Waals surface area contributed by atoms with Gasteiger partial charge in [-0.15, -0.1) is 19.7 Å². The van der Waals surface area contributed by atoms with Gasteiger partial charge in [-0.3, -0.25) is 9.59 Å². The molecule has 0 saturated carbocycles. The Morgan fingerprint density at radius 3 is 1.71 bits per heavy atom. The van der Waals surface area contributed by atoms with Crippen molar-refractivity contribution in [3.63, 3.8) is 0 Å². The second-order valence-corrected chi connectivity index (χ2v) is 4.35. The van der Waals surface area contributed by atoms with Gasteiger partial charge in [0.2, 0.25) is 11.8 Å². The van der Waals surface area contributed by atoms with E-state index in [9.17, 15) is 9.59 Å². The third-order valence-electron chi connectivity index (χ3n) is 2.15. The fourth-order valence-electron chi connectivity index (χ4n) is 1.14. The maximum absolute atomic E-state index is 11.4. The standard InChI is InChI=1S/C10H15NO.C7H11NO/c1-5-7-11(8-6-2)10(12)9(3)4;1-4-5-8-7(9)6(2)3/h5-6H,1-3,7-8H2,4H3;4H,1-2,5H2,3H3,(H,8,9). The SMILES string of the molecule is C=CCN(CC=C)C(=O)C(=C)C.C=CCNC(=O)C(=C)C. The van der Waals surface area contributed by atoms with Gasteiger partial charge in [0.05, 0.1) is 0 Å². The van der Waals surface area contributed by atoms with Gasteiger partial charge in [0.25, 0.3) is 0 Å². The summed E-state index contributed by atoms with van der Waals surface area (Å²) >= 11 is 0. The van der Waals surface area contributed by atoms with Crippen molar-refractivity contribution in [1.82, 2.24) is 10.2 Å². The van der Waals surface area contributed by atoms with E-state index in [2.05, 4.69) is 38.2 Å². The van der Waals surface area contributed by atoms with Crippen molar-refractivity contribution in [2.45, 2.75) is 13.8 Å². The summed E-state index contributed by atoms with van der Waals surface area (Å²) in [5.74, 6) is -0.162. The molecule has 0 aliphatic carbocycles. The van der Waals surface area contributed by atoms with Gasteiger partial charge < -0.3 is 10.2 Å². The Morgan fingerprint density at radius 2 is 1.43 bits per heavy atom. The number of hydrogen-bond donors (Lipinski definition) is 1.